The standard InChI is InChI=1S/C17H28N2O.ClH/c1-18-15-2-4-19(5-3-15)17(20)16-13-7-11-6-12(9-13)10-14(16)8-11;/h11-16,18H,2-10H2,1H3;1H. The quantitative estimate of drug-likeness (QED) is 0.850. The molecule has 1 heterocycles. The van der Waals surface area contributed by atoms with Crippen molar-refractivity contribution in [3.05, 3.63) is 0 Å². The van der Waals surface area contributed by atoms with Crippen LogP contribution in [0, 0.1) is 29.6 Å². The van der Waals surface area contributed by atoms with Gasteiger partial charge in [0.2, 0.25) is 5.91 Å². The Bertz CT molecular complexity index is 364. The Kier molecular flexibility index (Phi) is 4.52. The molecule has 4 heteroatoms. The van der Waals surface area contributed by atoms with Crippen LogP contribution in [-0.2, 0) is 4.79 Å². The molecule has 4 bridgehead atoms. The van der Waals surface area contributed by atoms with E-state index >= 15 is 0 Å². The summed E-state index contributed by atoms with van der Waals surface area (Å²) >= 11 is 0. The molecule has 1 N–H and O–H groups in total. The van der Waals surface area contributed by atoms with Crippen molar-refractivity contribution in [1.29, 1.82) is 0 Å². The monoisotopic (exact) mass is 312 g/mol. The van der Waals surface area contributed by atoms with Gasteiger partial charge in [0.05, 0.1) is 0 Å². The minimum absolute atomic E-state index is 0. The Labute approximate surface area is 134 Å². The maximum atomic E-state index is 13.0. The number of hydrogen-bond donors (Lipinski definition) is 1. The third kappa shape index (κ3) is 2.72. The predicted molar refractivity (Wildman–Crippen MR) is 86.4 cm³/mol. The van der Waals surface area contributed by atoms with E-state index in [0.717, 1.165) is 49.6 Å². The number of halogens is 1. The second kappa shape index (κ2) is 6.08. The molecule has 0 aromatic carbocycles. The van der Waals surface area contributed by atoms with Gasteiger partial charge in [0.25, 0.3) is 0 Å². The summed E-state index contributed by atoms with van der Waals surface area (Å²) < 4.78 is 0. The first-order chi connectivity index (χ1) is 9.74. The number of carbonyl (C=O) groups excluding carboxylic acids is 1. The Morgan fingerprint density at radius 3 is 1.95 bits per heavy atom. The van der Waals surface area contributed by atoms with Crippen molar-refractivity contribution in [2.45, 2.75) is 51.0 Å². The molecule has 1 aliphatic heterocycles. The predicted octanol–water partition coefficient (Wildman–Crippen LogP) is 2.69. The number of piperidine rings is 1. The van der Waals surface area contributed by atoms with Gasteiger partial charge >= 0.3 is 0 Å². The summed E-state index contributed by atoms with van der Waals surface area (Å²) in [5.74, 6) is 4.33. The maximum absolute atomic E-state index is 13.0. The van der Waals surface area contributed by atoms with E-state index in [1.165, 1.54) is 32.1 Å². The first kappa shape index (κ1) is 15.6. The minimum atomic E-state index is 0. The maximum Gasteiger partial charge on any atom is 0.226 e. The molecule has 1 amide bonds. The molecule has 0 aromatic rings. The van der Waals surface area contributed by atoms with E-state index in [0.29, 0.717) is 17.9 Å². The van der Waals surface area contributed by atoms with E-state index in [1.54, 1.807) is 0 Å². The Balaban J connectivity index is 0.00000132. The fourth-order valence-electron chi connectivity index (χ4n) is 5.93. The highest BCUT2D eigenvalue weighted by atomic mass is 35.5. The first-order valence-electron chi connectivity index (χ1n) is 8.70. The second-order valence-corrected chi connectivity index (χ2v) is 7.84. The van der Waals surface area contributed by atoms with Crippen LogP contribution < -0.4 is 5.32 Å². The highest BCUT2D eigenvalue weighted by molar-refractivity contribution is 5.85. The van der Waals surface area contributed by atoms with E-state index in [4.69, 9.17) is 0 Å². The van der Waals surface area contributed by atoms with Gasteiger partial charge in [-0.1, -0.05) is 0 Å². The van der Waals surface area contributed by atoms with Crippen LogP contribution in [0.3, 0.4) is 0 Å². The molecule has 5 aliphatic rings. The molecule has 5 fully saturated rings. The molecule has 4 saturated carbocycles. The average molecular weight is 313 g/mol. The molecule has 0 aromatic heterocycles. The minimum Gasteiger partial charge on any atom is -0.342 e. The lowest BCUT2D eigenvalue weighted by molar-refractivity contribution is -0.150. The summed E-state index contributed by atoms with van der Waals surface area (Å²) in [6, 6.07) is 0.623. The van der Waals surface area contributed by atoms with Crippen molar-refractivity contribution < 1.29 is 4.79 Å². The van der Waals surface area contributed by atoms with Gasteiger partial charge in [-0.2, -0.15) is 0 Å². The van der Waals surface area contributed by atoms with Crippen LogP contribution in [0.2, 0.25) is 0 Å². The largest absolute Gasteiger partial charge is 0.342 e. The Morgan fingerprint density at radius 1 is 0.952 bits per heavy atom. The summed E-state index contributed by atoms with van der Waals surface area (Å²) in [6.45, 7) is 1.96. The molecule has 3 nitrogen and oxygen atoms in total. The van der Waals surface area contributed by atoms with Gasteiger partial charge in [-0.3, -0.25) is 4.79 Å². The fraction of sp³-hybridized carbons (Fsp3) is 0.941. The molecule has 0 unspecified atom stereocenters. The average Bonchev–Trinajstić information content (AvgIpc) is 2.46. The van der Waals surface area contributed by atoms with Crippen molar-refractivity contribution in [3.8, 4) is 0 Å². The lowest BCUT2D eigenvalue weighted by atomic mass is 9.51. The van der Waals surface area contributed by atoms with Crippen molar-refractivity contribution in [1.82, 2.24) is 10.2 Å². The van der Waals surface area contributed by atoms with Crippen LogP contribution in [0.25, 0.3) is 0 Å². The van der Waals surface area contributed by atoms with Crippen molar-refractivity contribution in [3.63, 3.8) is 0 Å². The van der Waals surface area contributed by atoms with E-state index in [1.807, 2.05) is 7.05 Å². The molecular weight excluding hydrogens is 284 g/mol. The van der Waals surface area contributed by atoms with E-state index in [-0.39, 0.29) is 12.4 Å². The smallest absolute Gasteiger partial charge is 0.226 e. The highest BCUT2D eigenvalue weighted by Crippen LogP contribution is 2.56. The van der Waals surface area contributed by atoms with Crippen LogP contribution in [0.5, 0.6) is 0 Å². The van der Waals surface area contributed by atoms with Crippen LogP contribution in [0.15, 0.2) is 0 Å². The molecule has 120 valence electrons. The number of amides is 1. The molecule has 5 rings (SSSR count). The lowest BCUT2D eigenvalue weighted by Crippen LogP contribution is -2.54. The summed E-state index contributed by atoms with van der Waals surface area (Å²) in [4.78, 5) is 15.2. The Hall–Kier alpha value is -0.280. The SMILES string of the molecule is CNC1CCN(C(=O)C2C3CC4CC(C3)CC2C4)CC1.Cl. The summed E-state index contributed by atoms with van der Waals surface area (Å²) in [5, 5.41) is 3.36. The van der Waals surface area contributed by atoms with Crippen molar-refractivity contribution in [2.75, 3.05) is 20.1 Å². The topological polar surface area (TPSA) is 32.3 Å². The molecule has 21 heavy (non-hydrogen) atoms. The van der Waals surface area contributed by atoms with Gasteiger partial charge in [-0.05, 0) is 75.7 Å². The highest BCUT2D eigenvalue weighted by Gasteiger charge is 2.51. The summed E-state index contributed by atoms with van der Waals surface area (Å²) in [6.07, 6.45) is 9.17. The third-order valence-corrected chi connectivity index (χ3v) is 6.73. The van der Waals surface area contributed by atoms with Crippen LogP contribution >= 0.6 is 12.4 Å². The zero-order valence-electron chi connectivity index (χ0n) is 13.1. The third-order valence-electron chi connectivity index (χ3n) is 6.73. The van der Waals surface area contributed by atoms with Gasteiger partial charge in [-0.25, -0.2) is 0 Å². The van der Waals surface area contributed by atoms with Crippen LogP contribution in [-0.4, -0.2) is 37.0 Å². The zero-order valence-corrected chi connectivity index (χ0v) is 13.9. The number of nitrogens with one attached hydrogen (secondary N) is 1. The van der Waals surface area contributed by atoms with E-state index < -0.39 is 0 Å². The van der Waals surface area contributed by atoms with Crippen LogP contribution in [0.1, 0.15) is 44.9 Å². The van der Waals surface area contributed by atoms with Gasteiger partial charge in [0.15, 0.2) is 0 Å². The van der Waals surface area contributed by atoms with Gasteiger partial charge < -0.3 is 10.2 Å². The number of likely N-dealkylation sites (tertiary alicyclic amines) is 1. The second-order valence-electron chi connectivity index (χ2n) is 7.84. The van der Waals surface area contributed by atoms with Crippen molar-refractivity contribution >= 4 is 18.3 Å². The zero-order chi connectivity index (χ0) is 13.7. The molecule has 1 saturated heterocycles. The number of nitrogens with zero attached hydrogens (tertiary/aromatic N) is 1. The number of rotatable bonds is 2. The van der Waals surface area contributed by atoms with E-state index in [2.05, 4.69) is 10.2 Å². The first-order valence-corrected chi connectivity index (χ1v) is 8.70. The molecule has 0 radical (unpaired) electrons. The summed E-state index contributed by atoms with van der Waals surface area (Å²) in [5.41, 5.74) is 0. The van der Waals surface area contributed by atoms with Gasteiger partial charge in [0, 0.05) is 25.0 Å². The van der Waals surface area contributed by atoms with Crippen LogP contribution in [0.4, 0.5) is 0 Å². The summed E-state index contributed by atoms with van der Waals surface area (Å²) in [7, 11) is 2.04. The normalized spacial score (nSPS) is 42.0. The van der Waals surface area contributed by atoms with Crippen molar-refractivity contribution in [2.24, 2.45) is 29.6 Å². The van der Waals surface area contributed by atoms with Gasteiger partial charge in [0.1, 0.15) is 0 Å². The number of carbonyl (C=O) groups is 1. The Morgan fingerprint density at radius 2 is 1.48 bits per heavy atom. The van der Waals surface area contributed by atoms with E-state index in [9.17, 15) is 4.79 Å². The van der Waals surface area contributed by atoms with Gasteiger partial charge in [-0.15, -0.1) is 12.4 Å². The lowest BCUT2D eigenvalue weighted by Gasteiger charge is -2.54. The molecule has 0 spiro atoms. The molecule has 4 aliphatic carbocycles. The molecule has 0 atom stereocenters. The molecular formula is C17H29ClN2O. The number of hydrogen-bond acceptors (Lipinski definition) is 2. The fourth-order valence-corrected chi connectivity index (χ4v) is 5.93.